The first-order valence-electron chi connectivity index (χ1n) is 8.01. The van der Waals surface area contributed by atoms with E-state index >= 15 is 0 Å². The van der Waals surface area contributed by atoms with E-state index in [-0.39, 0.29) is 12.0 Å². The molecule has 0 aliphatic heterocycles. The molecule has 2 atom stereocenters. The second-order valence-corrected chi connectivity index (χ2v) is 7.40. The van der Waals surface area contributed by atoms with Gasteiger partial charge in [-0.1, -0.05) is 19.3 Å². The summed E-state index contributed by atoms with van der Waals surface area (Å²) >= 11 is 0. The van der Waals surface area contributed by atoms with Crippen LogP contribution in [0.15, 0.2) is 0 Å². The van der Waals surface area contributed by atoms with Crippen LogP contribution in [-0.4, -0.2) is 54.5 Å². The van der Waals surface area contributed by atoms with Gasteiger partial charge in [0.1, 0.15) is 5.60 Å². The highest BCUT2D eigenvalue weighted by atomic mass is 16.6. The number of alkyl carbamates (subject to hydrolysis) is 1. The third-order valence-electron chi connectivity index (χ3n) is 3.81. The summed E-state index contributed by atoms with van der Waals surface area (Å²) in [4.78, 5) is 14.0. The van der Waals surface area contributed by atoms with Crippen molar-refractivity contribution in [3.63, 3.8) is 0 Å². The van der Waals surface area contributed by atoms with Crippen LogP contribution in [0.1, 0.15) is 52.9 Å². The van der Waals surface area contributed by atoms with Crippen molar-refractivity contribution in [3.05, 3.63) is 0 Å². The molecule has 1 rings (SSSR count). The van der Waals surface area contributed by atoms with E-state index in [0.717, 1.165) is 12.8 Å². The average molecular weight is 300 g/mol. The minimum absolute atomic E-state index is 0.277. The van der Waals surface area contributed by atoms with Crippen LogP contribution < -0.4 is 5.32 Å². The van der Waals surface area contributed by atoms with Crippen molar-refractivity contribution < 1.29 is 14.6 Å². The summed E-state index contributed by atoms with van der Waals surface area (Å²) in [6, 6.07) is -0.294. The minimum Gasteiger partial charge on any atom is -0.444 e. The Kier molecular flexibility index (Phi) is 6.94. The number of aliphatic hydroxyl groups is 1. The van der Waals surface area contributed by atoms with Gasteiger partial charge >= 0.3 is 6.09 Å². The number of nitrogens with one attached hydrogen (secondary N) is 1. The molecule has 124 valence electrons. The molecule has 0 radical (unpaired) electrons. The monoisotopic (exact) mass is 300 g/mol. The van der Waals surface area contributed by atoms with E-state index in [1.54, 1.807) is 0 Å². The van der Waals surface area contributed by atoms with Gasteiger partial charge in [-0.05, 0) is 53.6 Å². The lowest BCUT2D eigenvalue weighted by Crippen LogP contribution is -2.52. The molecule has 1 aliphatic rings. The molecular weight excluding hydrogens is 268 g/mol. The van der Waals surface area contributed by atoms with Gasteiger partial charge in [0.2, 0.25) is 0 Å². The predicted octanol–water partition coefficient (Wildman–Crippen LogP) is 2.38. The largest absolute Gasteiger partial charge is 0.444 e. The quantitative estimate of drug-likeness (QED) is 0.818. The van der Waals surface area contributed by atoms with Gasteiger partial charge in [0, 0.05) is 6.54 Å². The highest BCUT2D eigenvalue weighted by molar-refractivity contribution is 5.68. The Balaban J connectivity index is 2.63. The molecule has 5 heteroatoms. The lowest BCUT2D eigenvalue weighted by Gasteiger charge is -2.34. The number of aliphatic hydroxyl groups excluding tert-OH is 1. The van der Waals surface area contributed by atoms with E-state index in [1.807, 2.05) is 39.8 Å². The first-order valence-corrected chi connectivity index (χ1v) is 8.01. The zero-order valence-corrected chi connectivity index (χ0v) is 14.2. The molecule has 21 heavy (non-hydrogen) atoms. The molecule has 0 aromatic carbocycles. The zero-order valence-electron chi connectivity index (χ0n) is 14.2. The van der Waals surface area contributed by atoms with Crippen LogP contribution in [0, 0.1) is 5.92 Å². The first-order chi connectivity index (χ1) is 9.69. The predicted molar refractivity (Wildman–Crippen MR) is 84.3 cm³/mol. The lowest BCUT2D eigenvalue weighted by molar-refractivity contribution is 0.0209. The van der Waals surface area contributed by atoms with Crippen molar-refractivity contribution in [3.8, 4) is 0 Å². The van der Waals surface area contributed by atoms with Gasteiger partial charge < -0.3 is 20.1 Å². The van der Waals surface area contributed by atoms with Gasteiger partial charge in [-0.15, -0.1) is 0 Å². The average Bonchev–Trinajstić information content (AvgIpc) is 2.35. The molecule has 0 spiro atoms. The van der Waals surface area contributed by atoms with Crippen LogP contribution in [-0.2, 0) is 4.74 Å². The van der Waals surface area contributed by atoms with Crippen LogP contribution in [0.5, 0.6) is 0 Å². The van der Waals surface area contributed by atoms with Crippen molar-refractivity contribution in [2.24, 2.45) is 5.92 Å². The van der Waals surface area contributed by atoms with Crippen LogP contribution in [0.3, 0.4) is 0 Å². The van der Waals surface area contributed by atoms with Gasteiger partial charge in [-0.2, -0.15) is 0 Å². The molecule has 0 bridgehead atoms. The Hall–Kier alpha value is -0.810. The van der Waals surface area contributed by atoms with E-state index < -0.39 is 17.8 Å². The molecule has 2 N–H and O–H groups in total. The third-order valence-corrected chi connectivity index (χ3v) is 3.81. The van der Waals surface area contributed by atoms with E-state index in [9.17, 15) is 9.90 Å². The summed E-state index contributed by atoms with van der Waals surface area (Å²) in [6.45, 7) is 6.12. The van der Waals surface area contributed by atoms with Crippen LogP contribution in [0.2, 0.25) is 0 Å². The molecule has 0 heterocycles. The molecule has 1 saturated carbocycles. The summed E-state index contributed by atoms with van der Waals surface area (Å²) in [6.07, 6.45) is 4.71. The van der Waals surface area contributed by atoms with Gasteiger partial charge in [0.25, 0.3) is 0 Å². The SMILES string of the molecule is CN(C)C[C@@H](NC(=O)OC(C)(C)C)[C@@H](O)C1CCCCC1. The van der Waals surface area contributed by atoms with Crippen LogP contribution in [0.4, 0.5) is 4.79 Å². The molecule has 1 amide bonds. The van der Waals surface area contributed by atoms with Crippen LogP contribution >= 0.6 is 0 Å². The van der Waals surface area contributed by atoms with Gasteiger partial charge in [-0.3, -0.25) is 0 Å². The summed E-state index contributed by atoms with van der Waals surface area (Å²) in [5, 5.41) is 13.5. The Morgan fingerprint density at radius 2 is 1.86 bits per heavy atom. The van der Waals surface area contributed by atoms with Crippen molar-refractivity contribution in [2.45, 2.75) is 70.6 Å². The number of amides is 1. The van der Waals surface area contributed by atoms with Gasteiger partial charge in [-0.25, -0.2) is 4.79 Å². The fourth-order valence-electron chi connectivity index (χ4n) is 2.90. The third kappa shape index (κ3) is 7.14. The Morgan fingerprint density at radius 3 is 2.33 bits per heavy atom. The van der Waals surface area contributed by atoms with Gasteiger partial charge in [0.15, 0.2) is 0 Å². The maximum atomic E-state index is 12.0. The van der Waals surface area contributed by atoms with E-state index in [0.29, 0.717) is 6.54 Å². The molecule has 1 aliphatic carbocycles. The van der Waals surface area contributed by atoms with Crippen molar-refractivity contribution in [1.82, 2.24) is 10.2 Å². The smallest absolute Gasteiger partial charge is 0.408 e. The molecule has 0 unspecified atom stereocenters. The summed E-state index contributed by atoms with van der Waals surface area (Å²) < 4.78 is 5.31. The molecule has 1 fully saturated rings. The number of rotatable bonds is 5. The highest BCUT2D eigenvalue weighted by Crippen LogP contribution is 2.28. The first kappa shape index (κ1) is 18.2. The number of hydrogen-bond donors (Lipinski definition) is 2. The topological polar surface area (TPSA) is 61.8 Å². The van der Waals surface area contributed by atoms with E-state index in [4.69, 9.17) is 4.74 Å². The normalized spacial score (nSPS) is 20.1. The molecule has 0 saturated heterocycles. The number of ether oxygens (including phenoxy) is 1. The van der Waals surface area contributed by atoms with E-state index in [1.165, 1.54) is 19.3 Å². The zero-order chi connectivity index (χ0) is 16.0. The summed E-state index contributed by atoms with van der Waals surface area (Å²) in [5.74, 6) is 0.277. The molecule has 0 aromatic rings. The fraction of sp³-hybridized carbons (Fsp3) is 0.938. The second-order valence-electron chi connectivity index (χ2n) is 7.40. The van der Waals surface area contributed by atoms with Crippen molar-refractivity contribution >= 4 is 6.09 Å². The van der Waals surface area contributed by atoms with Crippen molar-refractivity contribution in [2.75, 3.05) is 20.6 Å². The fourth-order valence-corrected chi connectivity index (χ4v) is 2.90. The van der Waals surface area contributed by atoms with Gasteiger partial charge in [0.05, 0.1) is 12.1 Å². The Bertz CT molecular complexity index is 320. The second kappa shape index (κ2) is 7.99. The maximum absolute atomic E-state index is 12.0. The Labute approximate surface area is 129 Å². The highest BCUT2D eigenvalue weighted by Gasteiger charge is 2.31. The number of carbonyl (C=O) groups excluding carboxylic acids is 1. The standard InChI is InChI=1S/C16H32N2O3/c1-16(2,3)21-15(20)17-13(11-18(4)5)14(19)12-9-7-6-8-10-12/h12-14,19H,6-11H2,1-5H3,(H,17,20)/t13-,14+/m1/s1. The lowest BCUT2D eigenvalue weighted by atomic mass is 9.82. The number of hydrogen-bond acceptors (Lipinski definition) is 4. The summed E-state index contributed by atoms with van der Waals surface area (Å²) in [7, 11) is 3.88. The minimum atomic E-state index is -0.525. The number of carbonyl (C=O) groups is 1. The number of nitrogens with zero attached hydrogens (tertiary/aromatic N) is 1. The molecular formula is C16H32N2O3. The molecule has 5 nitrogen and oxygen atoms in total. The Morgan fingerprint density at radius 1 is 1.29 bits per heavy atom. The number of likely N-dealkylation sites (N-methyl/N-ethyl adjacent to an activating group) is 1. The summed E-state index contributed by atoms with van der Waals surface area (Å²) in [5.41, 5.74) is -0.525. The van der Waals surface area contributed by atoms with Crippen LogP contribution in [0.25, 0.3) is 0 Å². The van der Waals surface area contributed by atoms with E-state index in [2.05, 4.69) is 5.32 Å². The van der Waals surface area contributed by atoms with Crippen molar-refractivity contribution in [1.29, 1.82) is 0 Å². The maximum Gasteiger partial charge on any atom is 0.408 e. The molecule has 0 aromatic heterocycles.